The number of nitrogens with one attached hydrogen (secondary N) is 1. The van der Waals surface area contributed by atoms with Gasteiger partial charge in [0, 0.05) is 6.04 Å². The Morgan fingerprint density at radius 1 is 1.24 bits per heavy atom. The predicted molar refractivity (Wildman–Crippen MR) is 87.6 cm³/mol. The van der Waals surface area contributed by atoms with Crippen LogP contribution >= 0.6 is 0 Å². The molecule has 3 unspecified atom stereocenters. The molecule has 2 nitrogen and oxygen atoms in total. The third-order valence-electron chi connectivity index (χ3n) is 5.01. The van der Waals surface area contributed by atoms with Crippen molar-refractivity contribution in [3.8, 4) is 5.75 Å². The van der Waals surface area contributed by atoms with Gasteiger partial charge >= 0.3 is 0 Å². The Labute approximate surface area is 129 Å². The fourth-order valence-corrected chi connectivity index (χ4v) is 3.65. The summed E-state index contributed by atoms with van der Waals surface area (Å²) in [6.07, 6.45) is 8.24. The minimum absolute atomic E-state index is 0.479. The highest BCUT2D eigenvalue weighted by atomic mass is 16.5. The number of hydrogen-bond acceptors (Lipinski definition) is 2. The summed E-state index contributed by atoms with van der Waals surface area (Å²) in [4.78, 5) is 0. The van der Waals surface area contributed by atoms with Crippen molar-refractivity contribution in [3.63, 3.8) is 0 Å². The first-order chi connectivity index (χ1) is 10.3. The smallest absolute Gasteiger partial charge is 0.120 e. The van der Waals surface area contributed by atoms with Gasteiger partial charge in [-0.15, -0.1) is 0 Å². The average molecular weight is 287 g/mol. The Morgan fingerprint density at radius 3 is 2.76 bits per heavy atom. The topological polar surface area (TPSA) is 21.3 Å². The van der Waals surface area contributed by atoms with Gasteiger partial charge in [-0.2, -0.15) is 0 Å². The first-order valence-corrected chi connectivity index (χ1v) is 8.78. The highest BCUT2D eigenvalue weighted by Crippen LogP contribution is 2.41. The molecule has 0 amide bonds. The van der Waals surface area contributed by atoms with Gasteiger partial charge in [-0.25, -0.2) is 0 Å². The standard InChI is InChI=1S/C19H29NO/c1-3-12-20-19(18-9-4-6-14(18)2)15-7-5-8-17(13-15)21-16-10-11-16/h5,7-8,13-14,16,18-20H,3-4,6,9-12H2,1-2H3. The quantitative estimate of drug-likeness (QED) is 0.784. The van der Waals surface area contributed by atoms with Gasteiger partial charge in [0.2, 0.25) is 0 Å². The normalized spacial score (nSPS) is 26.8. The lowest BCUT2D eigenvalue weighted by atomic mass is 9.85. The third-order valence-corrected chi connectivity index (χ3v) is 5.01. The van der Waals surface area contributed by atoms with Crippen LogP contribution in [0, 0.1) is 11.8 Å². The number of ether oxygens (including phenoxy) is 1. The maximum absolute atomic E-state index is 5.98. The molecule has 1 aromatic rings. The Balaban J connectivity index is 1.77. The van der Waals surface area contributed by atoms with E-state index in [0.29, 0.717) is 12.1 Å². The van der Waals surface area contributed by atoms with Crippen LogP contribution in [0.1, 0.15) is 64.0 Å². The molecule has 3 atom stereocenters. The van der Waals surface area contributed by atoms with Crippen molar-refractivity contribution in [3.05, 3.63) is 29.8 Å². The minimum Gasteiger partial charge on any atom is -0.490 e. The number of rotatable bonds is 7. The van der Waals surface area contributed by atoms with Crippen LogP contribution in [0.4, 0.5) is 0 Å². The number of benzene rings is 1. The van der Waals surface area contributed by atoms with E-state index in [1.165, 1.54) is 44.1 Å². The molecular weight excluding hydrogens is 258 g/mol. The highest BCUT2D eigenvalue weighted by Gasteiger charge is 2.32. The predicted octanol–water partition coefficient (Wildman–Crippen LogP) is 4.70. The molecule has 0 heterocycles. The lowest BCUT2D eigenvalue weighted by molar-refractivity contribution is 0.292. The third kappa shape index (κ3) is 3.79. The van der Waals surface area contributed by atoms with Crippen LogP contribution in [0.5, 0.6) is 5.75 Å². The SMILES string of the molecule is CCCNC(c1cccc(OC2CC2)c1)C1CCCC1C. The maximum Gasteiger partial charge on any atom is 0.120 e. The van der Waals surface area contributed by atoms with E-state index in [2.05, 4.69) is 43.4 Å². The lowest BCUT2D eigenvalue weighted by Gasteiger charge is -2.29. The molecule has 0 aliphatic heterocycles. The molecule has 3 rings (SSSR count). The highest BCUT2D eigenvalue weighted by molar-refractivity contribution is 5.31. The van der Waals surface area contributed by atoms with Crippen molar-refractivity contribution in [1.82, 2.24) is 5.32 Å². The molecule has 1 N–H and O–H groups in total. The monoisotopic (exact) mass is 287 g/mol. The zero-order valence-electron chi connectivity index (χ0n) is 13.5. The van der Waals surface area contributed by atoms with E-state index in [1.807, 2.05) is 0 Å². The van der Waals surface area contributed by atoms with E-state index in [9.17, 15) is 0 Å². The first kappa shape index (κ1) is 14.9. The second-order valence-electron chi connectivity index (χ2n) is 6.89. The molecule has 0 bridgehead atoms. The lowest BCUT2D eigenvalue weighted by Crippen LogP contribution is -2.30. The van der Waals surface area contributed by atoms with E-state index in [0.717, 1.165) is 24.1 Å². The summed E-state index contributed by atoms with van der Waals surface area (Å²) in [5.74, 6) is 2.66. The van der Waals surface area contributed by atoms with Crippen molar-refractivity contribution in [1.29, 1.82) is 0 Å². The molecule has 0 spiro atoms. The molecular formula is C19H29NO. The van der Waals surface area contributed by atoms with E-state index in [4.69, 9.17) is 4.74 Å². The van der Waals surface area contributed by atoms with Gasteiger partial charge in [0.15, 0.2) is 0 Å². The molecule has 116 valence electrons. The van der Waals surface area contributed by atoms with Gasteiger partial charge in [-0.3, -0.25) is 0 Å². The molecule has 2 fully saturated rings. The van der Waals surface area contributed by atoms with Crippen molar-refractivity contribution in [2.45, 2.75) is 64.5 Å². The molecule has 21 heavy (non-hydrogen) atoms. The van der Waals surface area contributed by atoms with Crippen LogP contribution in [-0.2, 0) is 0 Å². The van der Waals surface area contributed by atoms with Crippen molar-refractivity contribution >= 4 is 0 Å². The summed E-state index contributed by atoms with van der Waals surface area (Å²) in [5.41, 5.74) is 1.42. The number of hydrogen-bond donors (Lipinski definition) is 1. The second kappa shape index (κ2) is 6.83. The van der Waals surface area contributed by atoms with Crippen molar-refractivity contribution in [2.24, 2.45) is 11.8 Å². The summed E-state index contributed by atoms with van der Waals surface area (Å²) >= 11 is 0. The summed E-state index contributed by atoms with van der Waals surface area (Å²) in [6, 6.07) is 9.31. The largest absolute Gasteiger partial charge is 0.490 e. The average Bonchev–Trinajstić information content (AvgIpc) is 3.20. The molecule has 2 aliphatic rings. The maximum atomic E-state index is 5.98. The Hall–Kier alpha value is -1.02. The van der Waals surface area contributed by atoms with Gasteiger partial charge in [0.1, 0.15) is 5.75 Å². The molecule has 0 saturated heterocycles. The van der Waals surface area contributed by atoms with Crippen LogP contribution < -0.4 is 10.1 Å². The summed E-state index contributed by atoms with van der Waals surface area (Å²) in [5, 5.41) is 3.80. The summed E-state index contributed by atoms with van der Waals surface area (Å²) in [7, 11) is 0. The zero-order chi connectivity index (χ0) is 14.7. The Morgan fingerprint density at radius 2 is 2.10 bits per heavy atom. The van der Waals surface area contributed by atoms with E-state index in [-0.39, 0.29) is 0 Å². The van der Waals surface area contributed by atoms with Crippen LogP contribution in [0.25, 0.3) is 0 Å². The molecule has 0 radical (unpaired) electrons. The van der Waals surface area contributed by atoms with Crippen molar-refractivity contribution < 1.29 is 4.74 Å². The fraction of sp³-hybridized carbons (Fsp3) is 0.684. The van der Waals surface area contributed by atoms with Crippen LogP contribution in [0.3, 0.4) is 0 Å². The van der Waals surface area contributed by atoms with Gasteiger partial charge in [0.25, 0.3) is 0 Å². The van der Waals surface area contributed by atoms with Crippen LogP contribution in [-0.4, -0.2) is 12.6 Å². The van der Waals surface area contributed by atoms with E-state index in [1.54, 1.807) is 0 Å². The molecule has 1 aromatic carbocycles. The Kier molecular flexibility index (Phi) is 4.84. The summed E-state index contributed by atoms with van der Waals surface area (Å²) in [6.45, 7) is 5.76. The van der Waals surface area contributed by atoms with Gasteiger partial charge in [0.05, 0.1) is 6.10 Å². The van der Waals surface area contributed by atoms with Gasteiger partial charge < -0.3 is 10.1 Å². The van der Waals surface area contributed by atoms with Gasteiger partial charge in [-0.1, -0.05) is 38.8 Å². The molecule has 0 aromatic heterocycles. The van der Waals surface area contributed by atoms with E-state index >= 15 is 0 Å². The fourth-order valence-electron chi connectivity index (χ4n) is 3.65. The molecule has 2 heteroatoms. The van der Waals surface area contributed by atoms with E-state index < -0.39 is 0 Å². The molecule has 2 saturated carbocycles. The second-order valence-corrected chi connectivity index (χ2v) is 6.89. The van der Waals surface area contributed by atoms with Crippen LogP contribution in [0.2, 0.25) is 0 Å². The first-order valence-electron chi connectivity index (χ1n) is 8.78. The Bertz CT molecular complexity index is 455. The molecule has 2 aliphatic carbocycles. The minimum atomic E-state index is 0.479. The zero-order valence-corrected chi connectivity index (χ0v) is 13.5. The van der Waals surface area contributed by atoms with Crippen LogP contribution in [0.15, 0.2) is 24.3 Å². The van der Waals surface area contributed by atoms with Crippen molar-refractivity contribution in [2.75, 3.05) is 6.54 Å². The van der Waals surface area contributed by atoms with Gasteiger partial charge in [-0.05, 0) is 61.8 Å². The summed E-state index contributed by atoms with van der Waals surface area (Å²) < 4.78 is 5.98.